The smallest absolute Gasteiger partial charge is 0.228 e. The summed E-state index contributed by atoms with van der Waals surface area (Å²) in [5.74, 6) is 0.174. The second-order valence-electron chi connectivity index (χ2n) is 4.61. The molecule has 2 heterocycles. The molecular formula is C14H13BrN2O. The van der Waals surface area contributed by atoms with Gasteiger partial charge in [0.1, 0.15) is 0 Å². The van der Waals surface area contributed by atoms with Crippen molar-refractivity contribution >= 4 is 38.4 Å². The van der Waals surface area contributed by atoms with E-state index in [4.69, 9.17) is 0 Å². The van der Waals surface area contributed by atoms with E-state index in [0.717, 1.165) is 28.8 Å². The molecule has 3 rings (SSSR count). The van der Waals surface area contributed by atoms with Crippen LogP contribution in [-0.4, -0.2) is 22.3 Å². The Hall–Kier alpha value is -1.42. The molecule has 1 aliphatic heterocycles. The van der Waals surface area contributed by atoms with E-state index < -0.39 is 0 Å². The number of halogens is 1. The number of fused-ring (bicyclic) bond motifs is 1. The van der Waals surface area contributed by atoms with Crippen LogP contribution in [0.25, 0.3) is 10.9 Å². The first-order chi connectivity index (χ1) is 8.65. The fourth-order valence-corrected chi connectivity index (χ4v) is 2.97. The molecule has 1 aromatic carbocycles. The van der Waals surface area contributed by atoms with E-state index >= 15 is 0 Å². The van der Waals surface area contributed by atoms with Gasteiger partial charge in [0.15, 0.2) is 0 Å². The third kappa shape index (κ3) is 1.90. The minimum absolute atomic E-state index is 0.174. The number of para-hydroxylation sites is 1. The van der Waals surface area contributed by atoms with Crippen molar-refractivity contribution in [2.24, 2.45) is 0 Å². The first kappa shape index (κ1) is 11.7. The standard InChI is InChI=1S/C14H13BrN2O/c1-9-6-13(17-8-10(15)7-14(17)18)11-4-2-3-5-12(11)16-9/h2-6,10H,7-8H2,1H3. The number of carbonyl (C=O) groups is 1. The lowest BCUT2D eigenvalue weighted by Crippen LogP contribution is -2.25. The van der Waals surface area contributed by atoms with Gasteiger partial charge in [-0.3, -0.25) is 9.78 Å². The number of aromatic nitrogens is 1. The van der Waals surface area contributed by atoms with Crippen molar-refractivity contribution < 1.29 is 4.79 Å². The van der Waals surface area contributed by atoms with Crippen molar-refractivity contribution in [3.05, 3.63) is 36.0 Å². The Balaban J connectivity index is 2.19. The average molecular weight is 305 g/mol. The lowest BCUT2D eigenvalue weighted by molar-refractivity contribution is -0.117. The molecule has 0 radical (unpaired) electrons. The summed E-state index contributed by atoms with van der Waals surface area (Å²) < 4.78 is 0. The number of hydrogen-bond acceptors (Lipinski definition) is 2. The van der Waals surface area contributed by atoms with E-state index in [1.165, 1.54) is 0 Å². The third-order valence-electron chi connectivity index (χ3n) is 3.19. The van der Waals surface area contributed by atoms with Crippen molar-refractivity contribution in [2.45, 2.75) is 18.2 Å². The molecule has 1 saturated heterocycles. The molecule has 1 aliphatic rings. The predicted octanol–water partition coefficient (Wildman–Crippen LogP) is 3.04. The van der Waals surface area contributed by atoms with Gasteiger partial charge in [-0.1, -0.05) is 34.1 Å². The average Bonchev–Trinajstić information content (AvgIpc) is 2.67. The number of carbonyl (C=O) groups excluding carboxylic acids is 1. The number of benzene rings is 1. The second-order valence-corrected chi connectivity index (χ2v) is 5.90. The number of aryl methyl sites for hydroxylation is 1. The summed E-state index contributed by atoms with van der Waals surface area (Å²) in [4.78, 5) is 18.6. The maximum Gasteiger partial charge on any atom is 0.228 e. The fourth-order valence-electron chi connectivity index (χ4n) is 2.41. The number of rotatable bonds is 1. The highest BCUT2D eigenvalue weighted by atomic mass is 79.9. The quantitative estimate of drug-likeness (QED) is 0.759. The van der Waals surface area contributed by atoms with Gasteiger partial charge in [-0.25, -0.2) is 0 Å². The predicted molar refractivity (Wildman–Crippen MR) is 76.2 cm³/mol. The van der Waals surface area contributed by atoms with Gasteiger partial charge in [-0.05, 0) is 19.1 Å². The van der Waals surface area contributed by atoms with Gasteiger partial charge < -0.3 is 4.90 Å². The fraction of sp³-hybridized carbons (Fsp3) is 0.286. The van der Waals surface area contributed by atoms with Crippen LogP contribution in [0.5, 0.6) is 0 Å². The van der Waals surface area contributed by atoms with Gasteiger partial charge in [0.25, 0.3) is 0 Å². The Morgan fingerprint density at radius 2 is 2.17 bits per heavy atom. The van der Waals surface area contributed by atoms with Crippen LogP contribution in [0.4, 0.5) is 5.69 Å². The van der Waals surface area contributed by atoms with Gasteiger partial charge in [0.2, 0.25) is 5.91 Å². The van der Waals surface area contributed by atoms with E-state index in [0.29, 0.717) is 6.42 Å². The van der Waals surface area contributed by atoms with E-state index in [9.17, 15) is 4.79 Å². The molecule has 18 heavy (non-hydrogen) atoms. The number of pyridine rings is 1. The molecule has 0 saturated carbocycles. The normalized spacial score (nSPS) is 19.8. The highest BCUT2D eigenvalue weighted by molar-refractivity contribution is 9.09. The maximum atomic E-state index is 12.0. The molecule has 1 atom stereocenters. The van der Waals surface area contributed by atoms with Gasteiger partial charge in [-0.2, -0.15) is 0 Å². The first-order valence-corrected chi connectivity index (χ1v) is 6.87. The minimum atomic E-state index is 0.174. The van der Waals surface area contributed by atoms with Crippen molar-refractivity contribution in [3.8, 4) is 0 Å². The summed E-state index contributed by atoms with van der Waals surface area (Å²) in [6, 6.07) is 9.95. The molecular weight excluding hydrogens is 292 g/mol. The summed E-state index contributed by atoms with van der Waals surface area (Å²) in [6.45, 7) is 2.69. The largest absolute Gasteiger partial charge is 0.311 e. The number of alkyl halides is 1. The second kappa shape index (κ2) is 4.35. The summed E-state index contributed by atoms with van der Waals surface area (Å²) in [5, 5.41) is 1.04. The van der Waals surface area contributed by atoms with Gasteiger partial charge in [0, 0.05) is 28.9 Å². The van der Waals surface area contributed by atoms with Crippen LogP contribution in [0.15, 0.2) is 30.3 Å². The molecule has 3 nitrogen and oxygen atoms in total. The lowest BCUT2D eigenvalue weighted by Gasteiger charge is -2.18. The van der Waals surface area contributed by atoms with Crippen LogP contribution in [0.3, 0.4) is 0 Å². The van der Waals surface area contributed by atoms with Crippen LogP contribution < -0.4 is 4.90 Å². The Bertz CT molecular complexity index is 626. The van der Waals surface area contributed by atoms with Crippen LogP contribution in [0, 0.1) is 6.92 Å². The SMILES string of the molecule is Cc1cc(N2CC(Br)CC2=O)c2ccccc2n1. The van der Waals surface area contributed by atoms with Crippen LogP contribution in [-0.2, 0) is 4.79 Å². The summed E-state index contributed by atoms with van der Waals surface area (Å²) in [6.07, 6.45) is 0.565. The zero-order valence-electron chi connectivity index (χ0n) is 10.1. The maximum absolute atomic E-state index is 12.0. The van der Waals surface area contributed by atoms with Crippen LogP contribution in [0.1, 0.15) is 12.1 Å². The summed E-state index contributed by atoms with van der Waals surface area (Å²) in [5.41, 5.74) is 2.86. The molecule has 0 N–H and O–H groups in total. The highest BCUT2D eigenvalue weighted by Crippen LogP contribution is 2.31. The lowest BCUT2D eigenvalue weighted by atomic mass is 10.1. The zero-order valence-corrected chi connectivity index (χ0v) is 11.6. The van der Waals surface area contributed by atoms with E-state index in [1.807, 2.05) is 42.2 Å². The molecule has 1 fully saturated rings. The van der Waals surface area contributed by atoms with E-state index in [2.05, 4.69) is 20.9 Å². The minimum Gasteiger partial charge on any atom is -0.311 e. The molecule has 1 aromatic heterocycles. The van der Waals surface area contributed by atoms with Crippen molar-refractivity contribution in [1.82, 2.24) is 4.98 Å². The topological polar surface area (TPSA) is 33.2 Å². The Labute approximate surface area is 114 Å². The molecule has 4 heteroatoms. The third-order valence-corrected chi connectivity index (χ3v) is 3.80. The van der Waals surface area contributed by atoms with Gasteiger partial charge >= 0.3 is 0 Å². The first-order valence-electron chi connectivity index (χ1n) is 5.96. The van der Waals surface area contributed by atoms with Crippen LogP contribution >= 0.6 is 15.9 Å². The van der Waals surface area contributed by atoms with Gasteiger partial charge in [-0.15, -0.1) is 0 Å². The number of anilines is 1. The molecule has 0 bridgehead atoms. The van der Waals surface area contributed by atoms with Gasteiger partial charge in [0.05, 0.1) is 11.2 Å². The Morgan fingerprint density at radius 1 is 1.39 bits per heavy atom. The molecule has 92 valence electrons. The van der Waals surface area contributed by atoms with Crippen molar-refractivity contribution in [3.63, 3.8) is 0 Å². The van der Waals surface area contributed by atoms with E-state index in [1.54, 1.807) is 0 Å². The molecule has 0 spiro atoms. The summed E-state index contributed by atoms with van der Waals surface area (Å²) in [7, 11) is 0. The van der Waals surface area contributed by atoms with Crippen LogP contribution in [0.2, 0.25) is 0 Å². The zero-order chi connectivity index (χ0) is 12.7. The Morgan fingerprint density at radius 3 is 2.89 bits per heavy atom. The Kier molecular flexibility index (Phi) is 2.82. The summed E-state index contributed by atoms with van der Waals surface area (Å²) >= 11 is 3.52. The van der Waals surface area contributed by atoms with Crippen molar-refractivity contribution in [2.75, 3.05) is 11.4 Å². The van der Waals surface area contributed by atoms with Crippen molar-refractivity contribution in [1.29, 1.82) is 0 Å². The molecule has 1 amide bonds. The molecule has 1 unspecified atom stereocenters. The monoisotopic (exact) mass is 304 g/mol. The molecule has 0 aliphatic carbocycles. The number of amides is 1. The highest BCUT2D eigenvalue weighted by Gasteiger charge is 2.29. The molecule has 2 aromatic rings. The van der Waals surface area contributed by atoms with E-state index in [-0.39, 0.29) is 10.7 Å². The number of nitrogens with zero attached hydrogens (tertiary/aromatic N) is 2. The number of hydrogen-bond donors (Lipinski definition) is 0.